The fourth-order valence-electron chi connectivity index (χ4n) is 3.53. The minimum absolute atomic E-state index is 0.0880. The lowest BCUT2D eigenvalue weighted by Gasteiger charge is -2.41. The molecule has 2 aliphatic rings. The summed E-state index contributed by atoms with van der Waals surface area (Å²) in [6.45, 7) is 5.82. The van der Waals surface area contributed by atoms with Crippen LogP contribution in [0, 0.1) is 29.1 Å². The summed E-state index contributed by atoms with van der Waals surface area (Å²) in [4.78, 5) is 19.1. The molecular weight excluding hydrogens is 304 g/mol. The van der Waals surface area contributed by atoms with E-state index < -0.39 is 0 Å². The van der Waals surface area contributed by atoms with E-state index in [1.165, 1.54) is 0 Å². The lowest BCUT2D eigenvalue weighted by atomic mass is 9.83. The molecular formula is C18H24N4O2. The van der Waals surface area contributed by atoms with Crippen LogP contribution < -0.4 is 5.32 Å². The van der Waals surface area contributed by atoms with Gasteiger partial charge in [-0.1, -0.05) is 6.92 Å². The van der Waals surface area contributed by atoms with Crippen molar-refractivity contribution in [3.63, 3.8) is 0 Å². The molecule has 0 aromatic carbocycles. The monoisotopic (exact) mass is 328 g/mol. The van der Waals surface area contributed by atoms with E-state index >= 15 is 0 Å². The van der Waals surface area contributed by atoms with E-state index in [0.29, 0.717) is 29.8 Å². The summed E-state index contributed by atoms with van der Waals surface area (Å²) >= 11 is 0. The lowest BCUT2D eigenvalue weighted by molar-refractivity contribution is -0.144. The number of anilines is 1. The normalized spacial score (nSPS) is 20.1. The quantitative estimate of drug-likeness (QED) is 0.893. The van der Waals surface area contributed by atoms with Crippen LogP contribution in [0.15, 0.2) is 18.3 Å². The van der Waals surface area contributed by atoms with Crippen molar-refractivity contribution in [1.82, 2.24) is 9.88 Å². The number of hydrogen-bond acceptors (Lipinski definition) is 5. The minimum Gasteiger partial charge on any atom is -0.381 e. The van der Waals surface area contributed by atoms with Gasteiger partial charge in [0.05, 0.1) is 11.5 Å². The summed E-state index contributed by atoms with van der Waals surface area (Å²) in [5.74, 6) is 1.61. The van der Waals surface area contributed by atoms with Gasteiger partial charge in [0.15, 0.2) is 0 Å². The Morgan fingerprint density at radius 1 is 1.50 bits per heavy atom. The van der Waals surface area contributed by atoms with E-state index in [2.05, 4.69) is 23.3 Å². The number of hydrogen-bond donors (Lipinski definition) is 1. The van der Waals surface area contributed by atoms with Gasteiger partial charge in [-0.05, 0) is 36.8 Å². The Kier molecular flexibility index (Phi) is 5.31. The van der Waals surface area contributed by atoms with Crippen LogP contribution in [0.1, 0.15) is 25.3 Å². The second-order valence-corrected chi connectivity index (χ2v) is 6.80. The van der Waals surface area contributed by atoms with Crippen LogP contribution in [0.4, 0.5) is 5.82 Å². The Bertz CT molecular complexity index is 616. The number of nitrogens with zero attached hydrogens (tertiary/aromatic N) is 3. The SMILES string of the molecule is CC1CN(C(=O)C(CNc2ncccc2C#N)C2CCOCC2)C1. The molecule has 6 heteroatoms. The fourth-order valence-corrected chi connectivity index (χ4v) is 3.53. The topological polar surface area (TPSA) is 78.3 Å². The third-order valence-electron chi connectivity index (χ3n) is 4.95. The zero-order chi connectivity index (χ0) is 16.9. The Morgan fingerprint density at radius 2 is 2.25 bits per heavy atom. The van der Waals surface area contributed by atoms with Gasteiger partial charge in [0, 0.05) is 39.0 Å². The van der Waals surface area contributed by atoms with Crippen molar-refractivity contribution in [2.45, 2.75) is 19.8 Å². The van der Waals surface area contributed by atoms with Gasteiger partial charge in [-0.25, -0.2) is 4.98 Å². The van der Waals surface area contributed by atoms with Crippen LogP contribution in [0.2, 0.25) is 0 Å². The van der Waals surface area contributed by atoms with E-state index in [4.69, 9.17) is 4.74 Å². The summed E-state index contributed by atoms with van der Waals surface area (Å²) in [7, 11) is 0. The standard InChI is InChI=1S/C18H24N4O2/c1-13-11-22(12-13)18(23)16(14-4-7-24-8-5-14)10-21-17-15(9-19)3-2-6-20-17/h2-3,6,13-14,16H,4-5,7-8,10-12H2,1H3,(H,20,21). The van der Waals surface area contributed by atoms with Crippen LogP contribution in [0.3, 0.4) is 0 Å². The molecule has 6 nitrogen and oxygen atoms in total. The average Bonchev–Trinajstić information content (AvgIpc) is 2.60. The first-order valence-corrected chi connectivity index (χ1v) is 8.64. The molecule has 1 unspecified atom stereocenters. The highest BCUT2D eigenvalue weighted by Crippen LogP contribution is 2.28. The van der Waals surface area contributed by atoms with E-state index in [0.717, 1.165) is 39.1 Å². The van der Waals surface area contributed by atoms with Gasteiger partial charge in [0.2, 0.25) is 5.91 Å². The fraction of sp³-hybridized carbons (Fsp3) is 0.611. The van der Waals surface area contributed by atoms with E-state index in [-0.39, 0.29) is 11.8 Å². The summed E-state index contributed by atoms with van der Waals surface area (Å²) < 4.78 is 5.45. The third-order valence-corrected chi connectivity index (χ3v) is 4.95. The summed E-state index contributed by atoms with van der Waals surface area (Å²) in [5.41, 5.74) is 0.508. The maximum absolute atomic E-state index is 12.9. The number of nitrogens with one attached hydrogen (secondary N) is 1. The van der Waals surface area contributed by atoms with Crippen LogP contribution in [0.5, 0.6) is 0 Å². The van der Waals surface area contributed by atoms with Gasteiger partial charge in [-0.3, -0.25) is 4.79 Å². The maximum atomic E-state index is 12.9. The number of nitriles is 1. The van der Waals surface area contributed by atoms with Crippen molar-refractivity contribution < 1.29 is 9.53 Å². The van der Waals surface area contributed by atoms with Crippen molar-refractivity contribution in [2.24, 2.45) is 17.8 Å². The average molecular weight is 328 g/mol. The molecule has 0 bridgehead atoms. The van der Waals surface area contributed by atoms with Gasteiger partial charge in [0.25, 0.3) is 0 Å². The van der Waals surface area contributed by atoms with E-state index in [1.54, 1.807) is 18.3 Å². The molecule has 1 N–H and O–H groups in total. The molecule has 2 saturated heterocycles. The second-order valence-electron chi connectivity index (χ2n) is 6.80. The van der Waals surface area contributed by atoms with Crippen molar-refractivity contribution in [3.8, 4) is 6.07 Å². The Hall–Kier alpha value is -2.13. The molecule has 1 amide bonds. The molecule has 1 aromatic heterocycles. The molecule has 0 aliphatic carbocycles. The number of rotatable bonds is 5. The molecule has 1 aromatic rings. The molecule has 1 atom stereocenters. The van der Waals surface area contributed by atoms with Crippen molar-refractivity contribution in [1.29, 1.82) is 5.26 Å². The minimum atomic E-state index is -0.0880. The number of amides is 1. The molecule has 0 radical (unpaired) electrons. The van der Waals surface area contributed by atoms with Gasteiger partial charge in [-0.2, -0.15) is 5.26 Å². The highest BCUT2D eigenvalue weighted by Gasteiger charge is 2.36. The molecule has 3 heterocycles. The molecule has 2 aliphatic heterocycles. The lowest BCUT2D eigenvalue weighted by Crippen LogP contribution is -2.53. The smallest absolute Gasteiger partial charge is 0.227 e. The Balaban J connectivity index is 1.69. The first kappa shape index (κ1) is 16.7. The summed E-state index contributed by atoms with van der Waals surface area (Å²) in [5, 5.41) is 12.4. The molecule has 24 heavy (non-hydrogen) atoms. The van der Waals surface area contributed by atoms with Crippen molar-refractivity contribution in [2.75, 3.05) is 38.2 Å². The predicted molar refractivity (Wildman–Crippen MR) is 90.2 cm³/mol. The summed E-state index contributed by atoms with van der Waals surface area (Å²) in [6, 6.07) is 5.61. The number of aromatic nitrogens is 1. The zero-order valence-corrected chi connectivity index (χ0v) is 14.1. The van der Waals surface area contributed by atoms with Crippen LogP contribution in [-0.4, -0.2) is 48.6 Å². The van der Waals surface area contributed by atoms with Gasteiger partial charge >= 0.3 is 0 Å². The molecule has 0 spiro atoms. The van der Waals surface area contributed by atoms with Crippen molar-refractivity contribution >= 4 is 11.7 Å². The number of carbonyl (C=O) groups is 1. The highest BCUT2D eigenvalue weighted by atomic mass is 16.5. The first-order chi connectivity index (χ1) is 11.7. The van der Waals surface area contributed by atoms with E-state index in [9.17, 15) is 10.1 Å². The third kappa shape index (κ3) is 3.68. The Morgan fingerprint density at radius 3 is 2.92 bits per heavy atom. The number of ether oxygens (including phenoxy) is 1. The zero-order valence-electron chi connectivity index (χ0n) is 14.1. The van der Waals surface area contributed by atoms with Crippen LogP contribution >= 0.6 is 0 Å². The first-order valence-electron chi connectivity index (χ1n) is 8.64. The van der Waals surface area contributed by atoms with Crippen molar-refractivity contribution in [3.05, 3.63) is 23.9 Å². The highest BCUT2D eigenvalue weighted by molar-refractivity contribution is 5.80. The largest absolute Gasteiger partial charge is 0.381 e. The van der Waals surface area contributed by atoms with Crippen LogP contribution in [0.25, 0.3) is 0 Å². The summed E-state index contributed by atoms with van der Waals surface area (Å²) in [6.07, 6.45) is 3.48. The molecule has 128 valence electrons. The molecule has 2 fully saturated rings. The molecule has 0 saturated carbocycles. The molecule has 3 rings (SSSR count). The van der Waals surface area contributed by atoms with Gasteiger partial charge in [-0.15, -0.1) is 0 Å². The number of pyridine rings is 1. The van der Waals surface area contributed by atoms with Crippen LogP contribution in [-0.2, 0) is 9.53 Å². The predicted octanol–water partition coefficient (Wildman–Crippen LogP) is 1.89. The second kappa shape index (κ2) is 7.63. The van der Waals surface area contributed by atoms with Gasteiger partial charge in [0.1, 0.15) is 11.9 Å². The van der Waals surface area contributed by atoms with Gasteiger partial charge < -0.3 is 15.0 Å². The Labute approximate surface area is 142 Å². The maximum Gasteiger partial charge on any atom is 0.227 e. The van der Waals surface area contributed by atoms with E-state index in [1.807, 2.05) is 4.90 Å². The number of likely N-dealkylation sites (tertiary alicyclic amines) is 1. The number of carbonyl (C=O) groups excluding carboxylic acids is 1.